The van der Waals surface area contributed by atoms with E-state index >= 15 is 0 Å². The molecule has 5 amide bonds. The molecule has 2 heterocycles. The number of amides is 5. The number of rotatable bonds is 25. The fourth-order valence-electron chi connectivity index (χ4n) is 6.18. The van der Waals surface area contributed by atoms with Crippen LogP contribution in [-0.4, -0.2) is 128 Å². The van der Waals surface area contributed by atoms with Gasteiger partial charge in [0.1, 0.15) is 30.4 Å². The monoisotopic (exact) mass is 842 g/mol. The number of nitrogens with one attached hydrogen (secondary N) is 8. The largest absolute Gasteiger partial charge is 0.480 e. The molecular formula is C38H58N12O8S. The number of H-pyrrole nitrogens is 2. The van der Waals surface area contributed by atoms with E-state index in [-0.39, 0.29) is 38.2 Å². The van der Waals surface area contributed by atoms with E-state index in [0.717, 1.165) is 10.9 Å². The van der Waals surface area contributed by atoms with Crippen molar-refractivity contribution in [3.8, 4) is 0 Å². The third-order valence-corrected chi connectivity index (χ3v) is 9.99. The van der Waals surface area contributed by atoms with Gasteiger partial charge >= 0.3 is 5.97 Å². The van der Waals surface area contributed by atoms with Crippen molar-refractivity contribution in [1.82, 2.24) is 46.9 Å². The summed E-state index contributed by atoms with van der Waals surface area (Å²) in [5.74, 6) is -4.34. The second-order valence-corrected chi connectivity index (χ2v) is 15.5. The summed E-state index contributed by atoms with van der Waals surface area (Å²) in [5, 5.41) is 38.3. The zero-order valence-corrected chi connectivity index (χ0v) is 34.7. The van der Waals surface area contributed by atoms with Crippen LogP contribution in [0.25, 0.3) is 10.9 Å². The van der Waals surface area contributed by atoms with Crippen molar-refractivity contribution in [3.63, 3.8) is 0 Å². The molecule has 59 heavy (non-hydrogen) atoms. The van der Waals surface area contributed by atoms with Crippen LogP contribution in [-0.2, 0) is 41.6 Å². The second-order valence-electron chi connectivity index (χ2n) is 14.5. The first-order valence-electron chi connectivity index (χ1n) is 19.2. The average molecular weight is 843 g/mol. The molecule has 0 aliphatic rings. The van der Waals surface area contributed by atoms with Gasteiger partial charge in [0, 0.05) is 48.9 Å². The van der Waals surface area contributed by atoms with Crippen LogP contribution in [0.3, 0.4) is 0 Å². The van der Waals surface area contributed by atoms with E-state index in [1.807, 2.05) is 30.5 Å². The molecule has 0 aliphatic carbocycles. The number of aromatic nitrogens is 3. The van der Waals surface area contributed by atoms with Gasteiger partial charge in [-0.3, -0.25) is 39.1 Å². The Morgan fingerprint density at radius 1 is 0.864 bits per heavy atom. The van der Waals surface area contributed by atoms with Crippen LogP contribution in [0.15, 0.2) is 48.0 Å². The van der Waals surface area contributed by atoms with E-state index in [9.17, 15) is 39.0 Å². The predicted molar refractivity (Wildman–Crippen MR) is 224 cm³/mol. The molecule has 0 aliphatic heterocycles. The van der Waals surface area contributed by atoms with Gasteiger partial charge < -0.3 is 58.2 Å². The molecule has 1 aromatic carbocycles. The Labute approximate surface area is 346 Å². The lowest BCUT2D eigenvalue weighted by atomic mass is 10.00. The van der Waals surface area contributed by atoms with E-state index < -0.39 is 83.9 Å². The number of benzene rings is 1. The molecule has 2 aromatic heterocycles. The number of hydrogen-bond donors (Lipinski definition) is 12. The van der Waals surface area contributed by atoms with Crippen LogP contribution in [0.4, 0.5) is 0 Å². The molecule has 0 bridgehead atoms. The average Bonchev–Trinajstić information content (AvgIpc) is 3.85. The van der Waals surface area contributed by atoms with Crippen LogP contribution in [0.5, 0.6) is 0 Å². The minimum Gasteiger partial charge on any atom is -0.480 e. The number of guanidine groups is 1. The van der Waals surface area contributed by atoms with Gasteiger partial charge in [0.05, 0.1) is 18.4 Å². The third-order valence-electron chi connectivity index (χ3n) is 9.35. The zero-order valence-electron chi connectivity index (χ0n) is 33.9. The Bertz CT molecular complexity index is 1880. The summed E-state index contributed by atoms with van der Waals surface area (Å²) in [6, 6.07) is 0.616. The molecule has 3 rings (SSSR count). The van der Waals surface area contributed by atoms with Gasteiger partial charge in [-0.25, -0.2) is 4.98 Å². The fraction of sp³-hybridized carbons (Fsp3) is 0.526. The molecule has 21 heteroatoms. The minimum absolute atomic E-state index is 0.0355. The first-order valence-corrected chi connectivity index (χ1v) is 20.6. The van der Waals surface area contributed by atoms with Crippen molar-refractivity contribution < 1.29 is 39.0 Å². The summed E-state index contributed by atoms with van der Waals surface area (Å²) >= 11 is 1.50. The zero-order chi connectivity index (χ0) is 43.6. The van der Waals surface area contributed by atoms with Gasteiger partial charge in [0.15, 0.2) is 5.96 Å². The van der Waals surface area contributed by atoms with E-state index in [2.05, 4.69) is 51.8 Å². The molecule has 324 valence electrons. The number of carboxylic acids is 1. The molecular weight excluding hydrogens is 785 g/mol. The first kappa shape index (κ1) is 47.7. The number of nitrogens with two attached hydrogens (primary N) is 2. The summed E-state index contributed by atoms with van der Waals surface area (Å²) in [6.07, 6.45) is 5.54. The van der Waals surface area contributed by atoms with Gasteiger partial charge in [0.2, 0.25) is 29.5 Å². The number of carbonyl (C=O) groups is 6. The lowest BCUT2D eigenvalue weighted by Gasteiger charge is -2.31. The number of thioether (sulfide) groups is 1. The van der Waals surface area contributed by atoms with Crippen molar-refractivity contribution in [2.45, 2.75) is 102 Å². The number of carboxylic acid groups (broad SMARTS) is 1. The lowest BCUT2D eigenvalue weighted by Crippen LogP contribution is -2.62. The maximum Gasteiger partial charge on any atom is 0.325 e. The number of para-hydroxylation sites is 1. The Morgan fingerprint density at radius 3 is 2.19 bits per heavy atom. The fourth-order valence-corrected chi connectivity index (χ4v) is 6.65. The summed E-state index contributed by atoms with van der Waals surface area (Å²) in [7, 11) is 0. The standard InChI is InChI=1S/C38H58N12O8S/c1-20(2)31(50-33(53)28(12-14-59-5)46-22(4)51)36(56)49-30(16-24-18-41-19-44-24)35(55)48-29(15-23-17-43-26-10-7-6-9-25(23)26)34(54)47-27(11-8-13-42-38(39)40)32(52)45-21(3)37(57)58/h6-7,9-10,17-21,27-31,34,43,47,54H,8,11-16H2,1-5H3,(H,41,44)(H,45,52)(H,46,51)(H,48,55)(H,49,56)(H,50,53)(H,57,58)(H4,39,40,42)/t21-,27-,28-,29-,30-,31-,34?/m0/s1. The molecule has 1 unspecified atom stereocenters. The highest BCUT2D eigenvalue weighted by molar-refractivity contribution is 7.98. The maximum absolute atomic E-state index is 14.4. The number of imidazole rings is 1. The Morgan fingerprint density at radius 2 is 1.56 bits per heavy atom. The summed E-state index contributed by atoms with van der Waals surface area (Å²) in [6.45, 7) is 6.19. The number of nitrogens with zero attached hydrogens (tertiary/aromatic N) is 2. The smallest absolute Gasteiger partial charge is 0.325 e. The number of carbonyl (C=O) groups excluding carboxylic acids is 5. The lowest BCUT2D eigenvalue weighted by molar-refractivity contribution is -0.141. The van der Waals surface area contributed by atoms with E-state index in [4.69, 9.17) is 11.5 Å². The highest BCUT2D eigenvalue weighted by atomic mass is 32.2. The Hall–Kier alpha value is -5.67. The van der Waals surface area contributed by atoms with Crippen LogP contribution in [0.2, 0.25) is 0 Å². The van der Waals surface area contributed by atoms with Crippen LogP contribution in [0, 0.1) is 5.92 Å². The summed E-state index contributed by atoms with van der Waals surface area (Å²) in [5.41, 5.74) is 12.9. The van der Waals surface area contributed by atoms with Gasteiger partial charge in [-0.15, -0.1) is 0 Å². The highest BCUT2D eigenvalue weighted by Crippen LogP contribution is 2.20. The summed E-state index contributed by atoms with van der Waals surface area (Å²) < 4.78 is 0. The normalized spacial score (nSPS) is 14.8. The minimum atomic E-state index is -1.61. The van der Waals surface area contributed by atoms with E-state index in [1.165, 1.54) is 38.1 Å². The number of aliphatic carboxylic acids is 1. The second kappa shape index (κ2) is 23.7. The molecule has 20 nitrogen and oxygen atoms in total. The van der Waals surface area contributed by atoms with Gasteiger partial charge in [0.25, 0.3) is 0 Å². The molecule has 0 spiro atoms. The van der Waals surface area contributed by atoms with Crippen LogP contribution < -0.4 is 43.4 Å². The van der Waals surface area contributed by atoms with Gasteiger partial charge in [-0.05, 0) is 62.2 Å². The number of aliphatic hydroxyl groups is 1. The Balaban J connectivity index is 1.95. The van der Waals surface area contributed by atoms with E-state index in [1.54, 1.807) is 20.0 Å². The number of aliphatic imine (C=N–C) groups is 1. The molecule has 0 saturated heterocycles. The molecule has 0 fully saturated rings. The summed E-state index contributed by atoms with van der Waals surface area (Å²) in [4.78, 5) is 92.6. The quantitative estimate of drug-likeness (QED) is 0.0210. The molecule has 0 radical (unpaired) electrons. The van der Waals surface area contributed by atoms with Crippen molar-refractivity contribution in [2.24, 2.45) is 22.4 Å². The van der Waals surface area contributed by atoms with E-state index in [0.29, 0.717) is 23.4 Å². The van der Waals surface area contributed by atoms with Gasteiger partial charge in [-0.1, -0.05) is 32.0 Å². The van der Waals surface area contributed by atoms with Crippen LogP contribution >= 0.6 is 11.8 Å². The highest BCUT2D eigenvalue weighted by Gasteiger charge is 2.34. The molecule has 0 saturated carbocycles. The SMILES string of the molecule is CSCC[C@H](NC(C)=O)C(=O)N[C@H](C(=O)N[C@@H](Cc1cnc[nH]1)C(=O)N[C@@H](Cc1c[nH]c2ccccc12)C(O)N[C@@H](CCCN=C(N)N)C(=O)N[C@@H](C)C(=O)O)C(C)C. The van der Waals surface area contributed by atoms with Crippen molar-refractivity contribution in [2.75, 3.05) is 18.6 Å². The maximum atomic E-state index is 14.4. The van der Waals surface area contributed by atoms with Gasteiger partial charge in [-0.2, -0.15) is 11.8 Å². The number of aromatic amines is 2. The van der Waals surface area contributed by atoms with Crippen molar-refractivity contribution >= 4 is 64.1 Å². The number of aliphatic hydroxyl groups excluding tert-OH is 1. The number of fused-ring (bicyclic) bond motifs is 1. The number of hydrogen-bond acceptors (Lipinski definition) is 11. The third kappa shape index (κ3) is 15.5. The Kier molecular flexibility index (Phi) is 19.1. The predicted octanol–water partition coefficient (Wildman–Crippen LogP) is -1.04. The van der Waals surface area contributed by atoms with Crippen molar-refractivity contribution in [3.05, 3.63) is 54.2 Å². The topological polar surface area (TPSA) is 324 Å². The molecule has 7 atom stereocenters. The molecule has 3 aromatic rings. The van der Waals surface area contributed by atoms with Crippen LogP contribution in [0.1, 0.15) is 58.2 Å². The first-order chi connectivity index (χ1) is 28.0. The molecule has 14 N–H and O–H groups in total. The van der Waals surface area contributed by atoms with Crippen molar-refractivity contribution in [1.29, 1.82) is 0 Å².